The van der Waals surface area contributed by atoms with Crippen LogP contribution in [0.1, 0.15) is 54.4 Å². The average molecular weight is 369 g/mol. The van der Waals surface area contributed by atoms with Crippen LogP contribution >= 0.6 is 11.6 Å². The molecule has 3 aromatic rings. The molecule has 0 unspecified atom stereocenters. The highest BCUT2D eigenvalue weighted by Crippen LogP contribution is 2.33. The molecule has 0 radical (unpaired) electrons. The maximum absolute atomic E-state index is 13.0. The lowest BCUT2D eigenvalue weighted by Gasteiger charge is -2.11. The number of aryl methyl sites for hydroxylation is 1. The third kappa shape index (κ3) is 3.49. The van der Waals surface area contributed by atoms with Crippen molar-refractivity contribution in [2.24, 2.45) is 5.92 Å². The number of hydrogen-bond acceptors (Lipinski definition) is 2. The summed E-state index contributed by atoms with van der Waals surface area (Å²) in [5.41, 5.74) is 11.7. The van der Waals surface area contributed by atoms with E-state index in [-0.39, 0.29) is 11.7 Å². The Balaban J connectivity index is 2.25. The Morgan fingerprint density at radius 2 is 1.92 bits per heavy atom. The summed E-state index contributed by atoms with van der Waals surface area (Å²) in [4.78, 5) is 16.4. The van der Waals surface area contributed by atoms with Crippen molar-refractivity contribution in [1.82, 2.24) is 4.98 Å². The third-order valence-electron chi connectivity index (χ3n) is 4.69. The van der Waals surface area contributed by atoms with Crippen LogP contribution < -0.4 is 5.73 Å². The van der Waals surface area contributed by atoms with Crippen LogP contribution in [0.3, 0.4) is 0 Å². The van der Waals surface area contributed by atoms with Gasteiger partial charge in [-0.1, -0.05) is 57.0 Å². The van der Waals surface area contributed by atoms with Gasteiger partial charge in [-0.15, -0.1) is 0 Å². The summed E-state index contributed by atoms with van der Waals surface area (Å²) in [6, 6.07) is 11.7. The number of rotatable bonds is 6. The fraction of sp³-hybridized carbons (Fsp3) is 0.318. The molecule has 4 heteroatoms. The lowest BCUT2D eigenvalue weighted by atomic mass is 9.92. The summed E-state index contributed by atoms with van der Waals surface area (Å²) < 4.78 is 0. The van der Waals surface area contributed by atoms with Crippen LogP contribution in [0, 0.1) is 5.92 Å². The van der Waals surface area contributed by atoms with Crippen molar-refractivity contribution < 1.29 is 4.79 Å². The number of fused-ring (bicyclic) bond motifs is 1. The van der Waals surface area contributed by atoms with Gasteiger partial charge in [-0.3, -0.25) is 4.79 Å². The quantitative estimate of drug-likeness (QED) is 0.427. The fourth-order valence-corrected chi connectivity index (χ4v) is 3.68. The SMILES string of the molecule is CCCc1[nH]c2cc(N)cc(Cc3ccccc3Cl)c2c1C(=O)C(C)C. The number of H-pyrrole nitrogens is 1. The first-order valence-corrected chi connectivity index (χ1v) is 9.50. The summed E-state index contributed by atoms with van der Waals surface area (Å²) in [6.45, 7) is 6.01. The molecule has 136 valence electrons. The highest BCUT2D eigenvalue weighted by atomic mass is 35.5. The van der Waals surface area contributed by atoms with Gasteiger partial charge in [0.15, 0.2) is 5.78 Å². The number of aromatic nitrogens is 1. The Hall–Kier alpha value is -2.26. The van der Waals surface area contributed by atoms with E-state index in [2.05, 4.69) is 11.9 Å². The molecule has 0 fully saturated rings. The van der Waals surface area contributed by atoms with Crippen LogP contribution in [0.15, 0.2) is 36.4 Å². The molecule has 0 atom stereocenters. The second-order valence-corrected chi connectivity index (χ2v) is 7.53. The van der Waals surface area contributed by atoms with E-state index < -0.39 is 0 Å². The predicted octanol–water partition coefficient (Wildman–Crippen LogP) is 5.79. The van der Waals surface area contributed by atoms with Crippen LogP contribution in [0.25, 0.3) is 10.9 Å². The molecule has 0 saturated carbocycles. The number of aromatic amines is 1. The van der Waals surface area contributed by atoms with Crippen LogP contribution in [-0.4, -0.2) is 10.8 Å². The molecule has 0 spiro atoms. The molecule has 0 bridgehead atoms. The van der Waals surface area contributed by atoms with Crippen LogP contribution in [-0.2, 0) is 12.8 Å². The maximum Gasteiger partial charge on any atom is 0.167 e. The minimum absolute atomic E-state index is 0.0599. The Morgan fingerprint density at radius 1 is 1.19 bits per heavy atom. The molecular formula is C22H25ClN2O. The lowest BCUT2D eigenvalue weighted by Crippen LogP contribution is -2.10. The molecule has 3 rings (SSSR count). The van der Waals surface area contributed by atoms with Gasteiger partial charge in [0, 0.05) is 38.8 Å². The van der Waals surface area contributed by atoms with Crippen molar-refractivity contribution in [2.75, 3.05) is 5.73 Å². The molecule has 0 saturated heterocycles. The molecule has 0 amide bonds. The van der Waals surface area contributed by atoms with Crippen LogP contribution in [0.2, 0.25) is 5.02 Å². The van der Waals surface area contributed by atoms with Crippen molar-refractivity contribution in [3.8, 4) is 0 Å². The van der Waals surface area contributed by atoms with Gasteiger partial charge in [-0.25, -0.2) is 0 Å². The van der Waals surface area contributed by atoms with E-state index in [1.54, 1.807) is 0 Å². The van der Waals surface area contributed by atoms with Crippen molar-refractivity contribution in [3.05, 3.63) is 63.8 Å². The number of carbonyl (C=O) groups is 1. The van der Waals surface area contributed by atoms with Crippen LogP contribution in [0.4, 0.5) is 5.69 Å². The van der Waals surface area contributed by atoms with Gasteiger partial charge in [0.1, 0.15) is 0 Å². The van der Waals surface area contributed by atoms with Crippen molar-refractivity contribution in [3.63, 3.8) is 0 Å². The minimum Gasteiger partial charge on any atom is -0.399 e. The normalized spacial score (nSPS) is 11.4. The molecule has 0 aliphatic heterocycles. The number of nitrogen functional groups attached to an aromatic ring is 1. The molecule has 2 aromatic carbocycles. The second-order valence-electron chi connectivity index (χ2n) is 7.12. The number of halogens is 1. The van der Waals surface area contributed by atoms with E-state index in [4.69, 9.17) is 17.3 Å². The van der Waals surface area contributed by atoms with Gasteiger partial charge in [0.2, 0.25) is 0 Å². The summed E-state index contributed by atoms with van der Waals surface area (Å²) in [5.74, 6) is 0.111. The van der Waals surface area contributed by atoms with Crippen molar-refractivity contribution in [2.45, 2.75) is 40.0 Å². The van der Waals surface area contributed by atoms with E-state index in [0.717, 1.165) is 51.2 Å². The first-order valence-electron chi connectivity index (χ1n) is 9.12. The fourth-order valence-electron chi connectivity index (χ4n) is 3.48. The molecule has 0 aliphatic rings. The molecule has 3 N–H and O–H groups in total. The Morgan fingerprint density at radius 3 is 2.58 bits per heavy atom. The van der Waals surface area contributed by atoms with Crippen LogP contribution in [0.5, 0.6) is 0 Å². The second kappa shape index (κ2) is 7.55. The topological polar surface area (TPSA) is 58.9 Å². The number of carbonyl (C=O) groups excluding carboxylic acids is 1. The molecule has 1 heterocycles. The lowest BCUT2D eigenvalue weighted by molar-refractivity contribution is 0.0940. The van der Waals surface area contributed by atoms with Gasteiger partial charge in [-0.2, -0.15) is 0 Å². The molecule has 3 nitrogen and oxygen atoms in total. The maximum atomic E-state index is 13.0. The monoisotopic (exact) mass is 368 g/mol. The van der Waals surface area contributed by atoms with Gasteiger partial charge in [0.25, 0.3) is 0 Å². The molecular weight excluding hydrogens is 344 g/mol. The highest BCUT2D eigenvalue weighted by Gasteiger charge is 2.23. The molecule has 0 aliphatic carbocycles. The minimum atomic E-state index is -0.0599. The number of Topliss-reactive ketones (excluding diaryl/α,β-unsaturated/α-hetero) is 1. The van der Waals surface area contributed by atoms with E-state index in [0.29, 0.717) is 12.1 Å². The zero-order valence-corrected chi connectivity index (χ0v) is 16.3. The Kier molecular flexibility index (Phi) is 5.38. The molecule has 1 aromatic heterocycles. The third-order valence-corrected chi connectivity index (χ3v) is 5.06. The largest absolute Gasteiger partial charge is 0.399 e. The van der Waals surface area contributed by atoms with Gasteiger partial charge in [-0.05, 0) is 42.2 Å². The number of hydrogen-bond donors (Lipinski definition) is 2. The highest BCUT2D eigenvalue weighted by molar-refractivity contribution is 6.31. The average Bonchev–Trinajstić information content (AvgIpc) is 2.94. The predicted molar refractivity (Wildman–Crippen MR) is 110 cm³/mol. The van der Waals surface area contributed by atoms with Crippen molar-refractivity contribution >= 4 is 34.0 Å². The standard InChI is InChI=1S/C22H25ClN2O/c1-4-7-18-21(22(26)13(2)3)20-15(11-16(24)12-19(20)25-18)10-14-8-5-6-9-17(14)23/h5-6,8-9,11-13,25H,4,7,10,24H2,1-3H3. The number of ketones is 1. The first kappa shape index (κ1) is 18.5. The summed E-state index contributed by atoms with van der Waals surface area (Å²) >= 11 is 6.37. The smallest absolute Gasteiger partial charge is 0.167 e. The number of benzene rings is 2. The summed E-state index contributed by atoms with van der Waals surface area (Å²) in [7, 11) is 0. The van der Waals surface area contributed by atoms with Gasteiger partial charge >= 0.3 is 0 Å². The summed E-state index contributed by atoms with van der Waals surface area (Å²) in [5, 5.41) is 1.71. The number of nitrogens with two attached hydrogens (primary N) is 1. The van der Waals surface area contributed by atoms with E-state index in [1.807, 2.05) is 50.2 Å². The Bertz CT molecular complexity index is 956. The van der Waals surface area contributed by atoms with E-state index in [9.17, 15) is 4.79 Å². The molecule has 26 heavy (non-hydrogen) atoms. The summed E-state index contributed by atoms with van der Waals surface area (Å²) in [6.07, 6.45) is 2.46. The zero-order chi connectivity index (χ0) is 18.8. The van der Waals surface area contributed by atoms with E-state index in [1.165, 1.54) is 0 Å². The number of nitrogens with one attached hydrogen (secondary N) is 1. The first-order chi connectivity index (χ1) is 12.4. The Labute approximate surface area is 159 Å². The number of anilines is 1. The van der Waals surface area contributed by atoms with Gasteiger partial charge < -0.3 is 10.7 Å². The van der Waals surface area contributed by atoms with Gasteiger partial charge in [0.05, 0.1) is 0 Å². The van der Waals surface area contributed by atoms with E-state index >= 15 is 0 Å². The van der Waals surface area contributed by atoms with Crippen molar-refractivity contribution in [1.29, 1.82) is 0 Å². The zero-order valence-electron chi connectivity index (χ0n) is 15.5.